The number of H-pyrrole nitrogens is 1. The van der Waals surface area contributed by atoms with Crippen LogP contribution in [0.1, 0.15) is 30.8 Å². The fourth-order valence-electron chi connectivity index (χ4n) is 2.82. The third-order valence-electron chi connectivity index (χ3n) is 4.27. The Labute approximate surface area is 130 Å². The maximum absolute atomic E-state index is 12.7. The van der Waals surface area contributed by atoms with Gasteiger partial charge < -0.3 is 10.6 Å². The number of fused-ring (bicyclic) bond motifs is 1. The van der Waals surface area contributed by atoms with E-state index in [1.807, 2.05) is 29.2 Å². The molecule has 5 nitrogen and oxygen atoms in total. The number of benzene rings is 1. The number of carbonyl (C=O) groups is 1. The number of nitrogens with two attached hydrogens (primary N) is 1. The van der Waals surface area contributed by atoms with Crippen LogP contribution >= 0.6 is 12.4 Å². The minimum atomic E-state index is -0.0555. The lowest BCUT2D eigenvalue weighted by atomic mass is 9.79. The van der Waals surface area contributed by atoms with Crippen LogP contribution in [0.5, 0.6) is 0 Å². The minimum Gasteiger partial charge on any atom is -0.337 e. The molecule has 2 aromatic rings. The highest BCUT2D eigenvalue weighted by molar-refractivity contribution is 6.04. The predicted octanol–water partition coefficient (Wildman–Crippen LogP) is 2.18. The zero-order chi connectivity index (χ0) is 14.3. The lowest BCUT2D eigenvalue weighted by Crippen LogP contribution is -2.54. The number of nitrogens with zero attached hydrogens (tertiary/aromatic N) is 2. The van der Waals surface area contributed by atoms with E-state index in [4.69, 9.17) is 5.73 Å². The van der Waals surface area contributed by atoms with E-state index in [-0.39, 0.29) is 29.8 Å². The molecular weight excluding hydrogens is 288 g/mol. The summed E-state index contributed by atoms with van der Waals surface area (Å²) in [6, 6.07) is 7.84. The van der Waals surface area contributed by atoms with Gasteiger partial charge in [0.25, 0.3) is 5.91 Å². The number of aromatic nitrogens is 2. The van der Waals surface area contributed by atoms with Gasteiger partial charge in [0.2, 0.25) is 0 Å². The number of para-hydroxylation sites is 1. The van der Waals surface area contributed by atoms with Crippen LogP contribution in [-0.4, -0.2) is 40.1 Å². The fraction of sp³-hybridized carbons (Fsp3) is 0.467. The van der Waals surface area contributed by atoms with Gasteiger partial charge in [0.1, 0.15) is 0 Å². The van der Waals surface area contributed by atoms with Crippen LogP contribution in [0.3, 0.4) is 0 Å². The molecule has 1 aliphatic rings. The van der Waals surface area contributed by atoms with Gasteiger partial charge in [0.05, 0.1) is 5.52 Å². The zero-order valence-electron chi connectivity index (χ0n) is 12.3. The fourth-order valence-corrected chi connectivity index (χ4v) is 2.82. The van der Waals surface area contributed by atoms with Crippen LogP contribution in [0.25, 0.3) is 10.9 Å². The Balaban J connectivity index is 0.00000161. The molecule has 1 unspecified atom stereocenters. The molecule has 3 N–H and O–H groups in total. The number of nitrogens with one attached hydrogen (secondary N) is 1. The van der Waals surface area contributed by atoms with Crippen molar-refractivity contribution >= 4 is 29.2 Å². The Morgan fingerprint density at radius 2 is 2.14 bits per heavy atom. The average Bonchev–Trinajstić information content (AvgIpc) is 2.85. The number of rotatable bonds is 1. The molecule has 1 aliphatic heterocycles. The van der Waals surface area contributed by atoms with E-state index in [1.165, 1.54) is 0 Å². The van der Waals surface area contributed by atoms with Crippen molar-refractivity contribution in [3.8, 4) is 0 Å². The highest BCUT2D eigenvalue weighted by Gasteiger charge is 2.36. The number of carbonyl (C=O) groups excluding carboxylic acids is 1. The second kappa shape index (κ2) is 5.66. The number of piperidine rings is 1. The van der Waals surface area contributed by atoms with Crippen molar-refractivity contribution in [3.63, 3.8) is 0 Å². The Hall–Kier alpha value is -1.59. The summed E-state index contributed by atoms with van der Waals surface area (Å²) in [7, 11) is 0. The topological polar surface area (TPSA) is 75.0 Å². The van der Waals surface area contributed by atoms with Crippen LogP contribution in [0.15, 0.2) is 24.3 Å². The van der Waals surface area contributed by atoms with E-state index in [9.17, 15) is 4.79 Å². The number of amides is 1. The van der Waals surface area contributed by atoms with Crippen LogP contribution in [-0.2, 0) is 0 Å². The largest absolute Gasteiger partial charge is 0.337 e. The summed E-state index contributed by atoms with van der Waals surface area (Å²) in [5.41, 5.74) is 7.47. The van der Waals surface area contributed by atoms with E-state index in [1.54, 1.807) is 0 Å². The SMILES string of the molecule is CC1(C)CN(C(=O)c2n[nH]c3ccccc23)CCC1N.Cl. The Kier molecular flexibility index (Phi) is 4.25. The first-order chi connectivity index (χ1) is 9.49. The zero-order valence-corrected chi connectivity index (χ0v) is 13.1. The third-order valence-corrected chi connectivity index (χ3v) is 4.27. The van der Waals surface area contributed by atoms with E-state index in [2.05, 4.69) is 24.0 Å². The quantitative estimate of drug-likeness (QED) is 0.848. The number of hydrogen-bond acceptors (Lipinski definition) is 3. The van der Waals surface area contributed by atoms with E-state index >= 15 is 0 Å². The highest BCUT2D eigenvalue weighted by atomic mass is 35.5. The Morgan fingerprint density at radius 3 is 2.86 bits per heavy atom. The number of halogens is 1. The van der Waals surface area contributed by atoms with Gasteiger partial charge in [0.15, 0.2) is 5.69 Å². The van der Waals surface area contributed by atoms with Gasteiger partial charge in [-0.2, -0.15) is 5.10 Å². The predicted molar refractivity (Wildman–Crippen MR) is 85.6 cm³/mol. The summed E-state index contributed by atoms with van der Waals surface area (Å²) in [5.74, 6) is -0.0116. The third kappa shape index (κ3) is 2.76. The molecule has 0 spiro atoms. The molecule has 1 amide bonds. The van der Waals surface area contributed by atoms with Crippen molar-refractivity contribution in [1.82, 2.24) is 15.1 Å². The molecule has 2 heterocycles. The second-order valence-electron chi connectivity index (χ2n) is 6.23. The first kappa shape index (κ1) is 15.8. The lowest BCUT2D eigenvalue weighted by Gasteiger charge is -2.42. The van der Waals surface area contributed by atoms with Gasteiger partial charge in [-0.05, 0) is 17.9 Å². The van der Waals surface area contributed by atoms with Crippen molar-refractivity contribution < 1.29 is 4.79 Å². The van der Waals surface area contributed by atoms with E-state index in [0.29, 0.717) is 18.8 Å². The van der Waals surface area contributed by atoms with Crippen molar-refractivity contribution in [2.45, 2.75) is 26.3 Å². The summed E-state index contributed by atoms with van der Waals surface area (Å²) in [5, 5.41) is 7.99. The van der Waals surface area contributed by atoms with Gasteiger partial charge in [-0.25, -0.2) is 0 Å². The van der Waals surface area contributed by atoms with E-state index < -0.39 is 0 Å². The molecule has 0 saturated carbocycles. The Bertz CT molecular complexity index is 652. The van der Waals surface area contributed by atoms with Gasteiger partial charge in [-0.15, -0.1) is 12.4 Å². The molecule has 1 aromatic heterocycles. The molecule has 1 fully saturated rings. The van der Waals surface area contributed by atoms with Gasteiger partial charge in [-0.1, -0.05) is 32.0 Å². The summed E-state index contributed by atoms with van der Waals surface area (Å²) in [6.45, 7) is 5.60. The number of likely N-dealkylation sites (tertiary alicyclic amines) is 1. The molecular formula is C15H21ClN4O. The Morgan fingerprint density at radius 1 is 1.43 bits per heavy atom. The van der Waals surface area contributed by atoms with Crippen molar-refractivity contribution in [1.29, 1.82) is 0 Å². The van der Waals surface area contributed by atoms with Crippen molar-refractivity contribution in [2.75, 3.05) is 13.1 Å². The maximum atomic E-state index is 12.7. The molecule has 1 saturated heterocycles. The summed E-state index contributed by atoms with van der Waals surface area (Å²) in [4.78, 5) is 14.5. The maximum Gasteiger partial charge on any atom is 0.275 e. The molecule has 6 heteroatoms. The smallest absolute Gasteiger partial charge is 0.275 e. The molecule has 114 valence electrons. The monoisotopic (exact) mass is 308 g/mol. The highest BCUT2D eigenvalue weighted by Crippen LogP contribution is 2.29. The molecule has 3 rings (SSSR count). The average molecular weight is 309 g/mol. The molecule has 1 aromatic carbocycles. The molecule has 0 radical (unpaired) electrons. The minimum absolute atomic E-state index is 0. The lowest BCUT2D eigenvalue weighted by molar-refractivity contribution is 0.0529. The molecule has 0 bridgehead atoms. The molecule has 21 heavy (non-hydrogen) atoms. The second-order valence-corrected chi connectivity index (χ2v) is 6.23. The van der Waals surface area contributed by atoms with E-state index in [0.717, 1.165) is 17.3 Å². The van der Waals surface area contributed by atoms with Crippen LogP contribution in [0, 0.1) is 5.41 Å². The van der Waals surface area contributed by atoms with Gasteiger partial charge in [0, 0.05) is 24.5 Å². The molecule has 1 atom stereocenters. The van der Waals surface area contributed by atoms with Crippen LogP contribution < -0.4 is 5.73 Å². The van der Waals surface area contributed by atoms with Crippen LogP contribution in [0.2, 0.25) is 0 Å². The summed E-state index contributed by atoms with van der Waals surface area (Å²) < 4.78 is 0. The summed E-state index contributed by atoms with van der Waals surface area (Å²) >= 11 is 0. The van der Waals surface area contributed by atoms with Crippen molar-refractivity contribution in [2.24, 2.45) is 11.1 Å². The van der Waals surface area contributed by atoms with Gasteiger partial charge >= 0.3 is 0 Å². The first-order valence-electron chi connectivity index (χ1n) is 6.97. The first-order valence-corrected chi connectivity index (χ1v) is 6.97. The van der Waals surface area contributed by atoms with Crippen molar-refractivity contribution in [3.05, 3.63) is 30.0 Å². The number of hydrogen-bond donors (Lipinski definition) is 2. The molecule has 0 aliphatic carbocycles. The normalized spacial score (nSPS) is 21.1. The standard InChI is InChI=1S/C15H20N4O.ClH/c1-15(2)9-19(8-7-12(15)16)14(20)13-10-5-3-4-6-11(10)17-18-13;/h3-6,12H,7-9,16H2,1-2H3,(H,17,18);1H. The number of aromatic amines is 1. The summed E-state index contributed by atoms with van der Waals surface area (Å²) in [6.07, 6.45) is 0.834. The van der Waals surface area contributed by atoms with Crippen LogP contribution in [0.4, 0.5) is 0 Å². The van der Waals surface area contributed by atoms with Gasteiger partial charge in [-0.3, -0.25) is 9.89 Å².